The number of nitrogens with zero attached hydrogens (tertiary/aromatic N) is 1. The van der Waals surface area contributed by atoms with Gasteiger partial charge in [0.1, 0.15) is 5.75 Å². The summed E-state index contributed by atoms with van der Waals surface area (Å²) in [6.45, 7) is 30.2. The molecule has 5 rings (SSSR count). The van der Waals surface area contributed by atoms with Crippen molar-refractivity contribution < 1.29 is 37.5 Å². The number of aliphatic hydroxyl groups excluding tert-OH is 1. The molecule has 0 unspecified atom stereocenters. The Morgan fingerprint density at radius 3 is 2.00 bits per heavy atom. The number of fused-ring (bicyclic) bond motifs is 3. The zero-order chi connectivity index (χ0) is 40.6. The van der Waals surface area contributed by atoms with Gasteiger partial charge in [0.05, 0.1) is 14.3 Å². The van der Waals surface area contributed by atoms with Crippen LogP contribution in [0.25, 0.3) is 32.8 Å². The summed E-state index contributed by atoms with van der Waals surface area (Å²) in [5.41, 5.74) is 5.05. The van der Waals surface area contributed by atoms with E-state index in [4.69, 9.17) is 7.48 Å². The minimum absolute atomic E-state index is 0. The summed E-state index contributed by atoms with van der Waals surface area (Å²) in [6.07, 6.45) is 7.49. The number of aromatic nitrogens is 1. The Bertz CT molecular complexity index is 2040. The molecule has 0 saturated carbocycles. The number of aliphatic hydroxyl groups is 1. The van der Waals surface area contributed by atoms with Gasteiger partial charge in [-0.1, -0.05) is 137 Å². The molecule has 0 saturated heterocycles. The first kappa shape index (κ1) is 41.2. The summed E-state index contributed by atoms with van der Waals surface area (Å²) >= 11 is 0. The number of hydrogen-bond acceptors (Lipinski definition) is 4. The van der Waals surface area contributed by atoms with Gasteiger partial charge in [0.25, 0.3) is 0 Å². The van der Waals surface area contributed by atoms with E-state index < -0.39 is 0 Å². The van der Waals surface area contributed by atoms with E-state index >= 15 is 0 Å². The molecule has 1 aliphatic heterocycles. The van der Waals surface area contributed by atoms with Gasteiger partial charge in [0.2, 0.25) is 0 Å². The van der Waals surface area contributed by atoms with Crippen LogP contribution in [0.1, 0.15) is 142 Å². The predicted molar refractivity (Wildman–Crippen MR) is 222 cm³/mol. The van der Waals surface area contributed by atoms with Crippen molar-refractivity contribution >= 4 is 27.3 Å². The number of allylic oxidation sites excluding steroid dienone is 2. The van der Waals surface area contributed by atoms with Crippen LogP contribution >= 0.6 is 0 Å². The summed E-state index contributed by atoms with van der Waals surface area (Å²) in [5.74, 6) is 1.96. The third-order valence-corrected chi connectivity index (χ3v) is 10.4. The van der Waals surface area contributed by atoms with E-state index in [9.17, 15) is 9.90 Å². The van der Waals surface area contributed by atoms with Crippen molar-refractivity contribution in [3.8, 4) is 22.8 Å². The summed E-state index contributed by atoms with van der Waals surface area (Å²) in [5, 5.41) is 13.6. The van der Waals surface area contributed by atoms with E-state index in [1.165, 1.54) is 11.6 Å². The summed E-state index contributed by atoms with van der Waals surface area (Å²) in [6, 6.07) is 14.7. The number of benzene rings is 3. The Kier molecular flexibility index (Phi) is 13.4. The van der Waals surface area contributed by atoms with Crippen LogP contribution in [0.5, 0.6) is 11.5 Å². The summed E-state index contributed by atoms with van der Waals surface area (Å²) in [7, 11) is 0. The van der Waals surface area contributed by atoms with Gasteiger partial charge in [0, 0.05) is 54.8 Å². The molecule has 4 aromatic rings. The van der Waals surface area contributed by atoms with E-state index in [2.05, 4.69) is 104 Å². The van der Waals surface area contributed by atoms with Crippen LogP contribution in [0.3, 0.4) is 0 Å². The molecule has 0 atom stereocenters. The quantitative estimate of drug-likeness (QED) is 0.0862. The molecule has 0 amide bonds. The third kappa shape index (κ3) is 11.0. The molecule has 3 aromatic carbocycles. The number of ether oxygens (including phenoxy) is 1. The molecule has 1 radical (unpaired) electrons. The van der Waals surface area contributed by atoms with Gasteiger partial charge >= 0.3 is 0 Å². The Morgan fingerprint density at radius 2 is 1.45 bits per heavy atom. The third-order valence-electron chi connectivity index (χ3n) is 10.4. The number of rotatable bonds is 10. The zero-order valence-electron chi connectivity index (χ0n) is 37.0. The molecule has 291 valence electrons. The first-order chi connectivity index (χ1) is 24.9. The smallest absolute Gasteiger partial charge is 0.164 e. The fourth-order valence-electron chi connectivity index (χ4n) is 7.16. The van der Waals surface area contributed by atoms with E-state index in [0.29, 0.717) is 5.69 Å². The van der Waals surface area contributed by atoms with Crippen molar-refractivity contribution in [3.05, 3.63) is 77.1 Å². The number of ketones is 1. The Hall–Kier alpha value is -3.01. The predicted octanol–water partition coefficient (Wildman–Crippen LogP) is 14.0. The topological polar surface area (TPSA) is 59.4 Å². The van der Waals surface area contributed by atoms with Crippen molar-refractivity contribution in [2.75, 3.05) is 0 Å². The van der Waals surface area contributed by atoms with E-state index in [-0.39, 0.29) is 71.4 Å². The standard InChI is InChI=1S/C34H40NO.C14H26O2.Ir/c1-32(2,3)18-21-10-11-25-24(14-21)17-26-30-29-23(12-13-35-30)15-22(19-33(4,5)6)16-28(29)36-31(26)27(25)20-34(7,8)9;1-6-11(7-2)12(15)10-13(16)14(5,8-3)9-4;/h10-16H,18-20H2,1-9H3;10-11,15H,6-9H2,1-5H3;/q-1;;/b;12-10-;/i12D,13D;;. The van der Waals surface area contributed by atoms with Crippen LogP contribution in [0.15, 0.2) is 54.4 Å². The summed E-state index contributed by atoms with van der Waals surface area (Å²) < 4.78 is 24.0. The molecule has 0 aliphatic carbocycles. The number of pyridine rings is 1. The van der Waals surface area contributed by atoms with Gasteiger partial charge in [-0.25, -0.2) is 0 Å². The van der Waals surface area contributed by atoms with Crippen LogP contribution in [0.4, 0.5) is 0 Å². The van der Waals surface area contributed by atoms with Crippen LogP contribution in [-0.4, -0.2) is 15.9 Å². The largest absolute Gasteiger partial charge is 0.512 e. The van der Waals surface area contributed by atoms with E-state index in [0.717, 1.165) is 94.7 Å². The zero-order valence-corrected chi connectivity index (χ0v) is 37.4. The number of carbonyl (C=O) groups excluding carboxylic acids is 1. The van der Waals surface area contributed by atoms with Crippen LogP contribution in [-0.2, 0) is 44.2 Å². The molecule has 1 N–H and O–H groups in total. The molecule has 4 nitrogen and oxygen atoms in total. The van der Waals surface area contributed by atoms with Crippen molar-refractivity contribution in [2.45, 2.75) is 142 Å². The second-order valence-corrected chi connectivity index (χ2v) is 18.9. The fraction of sp³-hybridized carbons (Fsp3) is 0.542. The van der Waals surface area contributed by atoms with Gasteiger partial charge < -0.3 is 9.84 Å². The molecule has 1 aromatic heterocycles. The number of hydrogen-bond donors (Lipinski definition) is 1. The number of carbonyl (C=O) groups is 1. The minimum Gasteiger partial charge on any atom is -0.512 e. The fourth-order valence-corrected chi connectivity index (χ4v) is 7.16. The Balaban J connectivity index is 0.000000407. The van der Waals surface area contributed by atoms with E-state index in [1.807, 2.05) is 34.6 Å². The van der Waals surface area contributed by atoms with Gasteiger partial charge in [0.15, 0.2) is 5.78 Å². The SMILES string of the molecule is CCC(CC)/C(O)=C/C(=O)C(C)(CC)CC.[2H]c1nc2c3c(cc(CC(C)(C)C)cc3c1[2H])Oc1c-2[c-]c2cc(CC(C)(C)C)ccc2c1CC(C)(C)C.[Ir]. The molecule has 0 bridgehead atoms. The normalized spacial score (nSPS) is 13.8. The second-order valence-electron chi connectivity index (χ2n) is 18.9. The van der Waals surface area contributed by atoms with Crippen molar-refractivity contribution in [1.29, 1.82) is 0 Å². The molecule has 0 spiro atoms. The first-order valence-corrected chi connectivity index (χ1v) is 19.5. The van der Waals surface area contributed by atoms with Gasteiger partial charge in [-0.05, 0) is 84.2 Å². The molecule has 0 fully saturated rings. The molecule has 5 heteroatoms. The maximum Gasteiger partial charge on any atom is 0.164 e. The molecular weight excluding hydrogens is 831 g/mol. The van der Waals surface area contributed by atoms with Crippen LogP contribution in [0, 0.1) is 33.6 Å². The first-order valence-electron chi connectivity index (χ1n) is 20.5. The van der Waals surface area contributed by atoms with Crippen LogP contribution in [0.2, 0.25) is 0 Å². The monoisotopic (exact) mass is 899 g/mol. The van der Waals surface area contributed by atoms with Gasteiger partial charge in [-0.15, -0.1) is 17.5 Å². The molecule has 2 heterocycles. The van der Waals surface area contributed by atoms with Crippen molar-refractivity contribution in [3.63, 3.8) is 0 Å². The minimum atomic E-state index is -0.319. The molecular formula is C48H66IrNO3-. The average molecular weight is 899 g/mol. The van der Waals surface area contributed by atoms with Crippen LogP contribution < -0.4 is 4.74 Å². The Morgan fingerprint density at radius 1 is 0.868 bits per heavy atom. The summed E-state index contributed by atoms with van der Waals surface area (Å²) in [4.78, 5) is 16.7. The average Bonchev–Trinajstić information content (AvgIpc) is 3.05. The van der Waals surface area contributed by atoms with Crippen molar-refractivity contribution in [2.24, 2.45) is 27.6 Å². The van der Waals surface area contributed by atoms with E-state index in [1.54, 1.807) is 0 Å². The Labute approximate surface area is 337 Å². The second kappa shape index (κ2) is 17.2. The van der Waals surface area contributed by atoms with Gasteiger partial charge in [-0.2, -0.15) is 0 Å². The van der Waals surface area contributed by atoms with Gasteiger partial charge in [-0.3, -0.25) is 9.78 Å². The maximum atomic E-state index is 12.0. The molecule has 53 heavy (non-hydrogen) atoms. The maximum absolute atomic E-state index is 12.0. The van der Waals surface area contributed by atoms with Crippen molar-refractivity contribution in [1.82, 2.24) is 4.98 Å². The molecule has 1 aliphatic rings.